The van der Waals surface area contributed by atoms with Crippen LogP contribution in [0, 0.1) is 0 Å². The predicted molar refractivity (Wildman–Crippen MR) is 192 cm³/mol. The highest BCUT2D eigenvalue weighted by Gasteiger charge is 2.16. The lowest BCUT2D eigenvalue weighted by molar-refractivity contribution is 0.670. The van der Waals surface area contributed by atoms with Gasteiger partial charge in [-0.3, -0.25) is 0 Å². The summed E-state index contributed by atoms with van der Waals surface area (Å²) in [5, 5.41) is 4.45. The molecule has 0 aliphatic rings. The number of rotatable bonds is 5. The summed E-state index contributed by atoms with van der Waals surface area (Å²) in [6.45, 7) is 0. The van der Waals surface area contributed by atoms with E-state index >= 15 is 0 Å². The van der Waals surface area contributed by atoms with Crippen molar-refractivity contribution in [1.82, 2.24) is 15.0 Å². The van der Waals surface area contributed by atoms with Crippen LogP contribution in [-0.2, 0) is 0 Å². The van der Waals surface area contributed by atoms with Gasteiger partial charge < -0.3 is 4.42 Å². The molecule has 0 unspecified atom stereocenters. The highest BCUT2D eigenvalue weighted by atomic mass is 16.3. The van der Waals surface area contributed by atoms with Crippen molar-refractivity contribution in [2.24, 2.45) is 0 Å². The summed E-state index contributed by atoms with van der Waals surface area (Å²) in [6, 6.07) is 56.4. The minimum absolute atomic E-state index is 0.593. The first-order chi connectivity index (χ1) is 23.3. The van der Waals surface area contributed by atoms with Gasteiger partial charge in [0, 0.05) is 33.0 Å². The maximum atomic E-state index is 6.56. The van der Waals surface area contributed by atoms with Crippen molar-refractivity contribution in [2.75, 3.05) is 0 Å². The molecule has 0 fully saturated rings. The Kier molecular flexibility index (Phi) is 6.43. The third kappa shape index (κ3) is 4.93. The predicted octanol–water partition coefficient (Wildman–Crippen LogP) is 11.3. The Hall–Kier alpha value is -6.39. The van der Waals surface area contributed by atoms with E-state index in [9.17, 15) is 0 Å². The number of aromatic nitrogens is 3. The summed E-state index contributed by atoms with van der Waals surface area (Å²) in [6.07, 6.45) is 0. The van der Waals surface area contributed by atoms with Crippen LogP contribution in [0.1, 0.15) is 0 Å². The van der Waals surface area contributed by atoms with Gasteiger partial charge in [-0.1, -0.05) is 146 Å². The van der Waals surface area contributed by atoms with Crippen LogP contribution in [0.5, 0.6) is 0 Å². The average molecular weight is 602 g/mol. The van der Waals surface area contributed by atoms with E-state index in [4.69, 9.17) is 19.4 Å². The van der Waals surface area contributed by atoms with E-state index in [0.717, 1.165) is 60.7 Å². The molecule has 2 heterocycles. The highest BCUT2D eigenvalue weighted by Crippen LogP contribution is 2.37. The third-order valence-electron chi connectivity index (χ3n) is 8.74. The van der Waals surface area contributed by atoms with Crippen molar-refractivity contribution in [3.8, 4) is 56.4 Å². The molecule has 47 heavy (non-hydrogen) atoms. The van der Waals surface area contributed by atoms with Crippen molar-refractivity contribution in [2.45, 2.75) is 0 Å². The molecule has 4 heteroatoms. The van der Waals surface area contributed by atoms with Gasteiger partial charge in [-0.15, -0.1) is 0 Å². The van der Waals surface area contributed by atoms with E-state index in [1.54, 1.807) is 0 Å². The number of furan rings is 1. The molecular weight excluding hydrogens is 574 g/mol. The van der Waals surface area contributed by atoms with Crippen LogP contribution in [-0.4, -0.2) is 15.0 Å². The lowest BCUT2D eigenvalue weighted by Crippen LogP contribution is -2.00. The van der Waals surface area contributed by atoms with E-state index < -0.39 is 0 Å². The summed E-state index contributed by atoms with van der Waals surface area (Å²) >= 11 is 0. The van der Waals surface area contributed by atoms with Crippen molar-refractivity contribution < 1.29 is 4.42 Å². The SMILES string of the molecule is c1ccc(-c2ccc(-c3nc(-c4ccc5ccccc5c4)nc(-c4ccc5c(c4)oc4c(-c6ccccc6)cccc45)n3)cc2)cc1. The zero-order chi connectivity index (χ0) is 31.2. The second kappa shape index (κ2) is 11.2. The molecule has 7 aromatic carbocycles. The topological polar surface area (TPSA) is 51.8 Å². The summed E-state index contributed by atoms with van der Waals surface area (Å²) in [4.78, 5) is 15.1. The molecule has 9 aromatic rings. The Bertz CT molecular complexity index is 2550. The van der Waals surface area contributed by atoms with Crippen LogP contribution < -0.4 is 0 Å². The first-order valence-corrected chi connectivity index (χ1v) is 15.7. The van der Waals surface area contributed by atoms with Gasteiger partial charge in [0.1, 0.15) is 11.2 Å². The van der Waals surface area contributed by atoms with Gasteiger partial charge in [0.25, 0.3) is 0 Å². The zero-order valence-corrected chi connectivity index (χ0v) is 25.3. The van der Waals surface area contributed by atoms with Gasteiger partial charge in [0.05, 0.1) is 0 Å². The maximum absolute atomic E-state index is 6.56. The van der Waals surface area contributed by atoms with Crippen LogP contribution in [0.2, 0.25) is 0 Å². The summed E-state index contributed by atoms with van der Waals surface area (Å²) in [7, 11) is 0. The zero-order valence-electron chi connectivity index (χ0n) is 25.3. The molecule has 220 valence electrons. The fraction of sp³-hybridized carbons (Fsp3) is 0. The molecule has 0 radical (unpaired) electrons. The van der Waals surface area contributed by atoms with Crippen LogP contribution >= 0.6 is 0 Å². The number of fused-ring (bicyclic) bond motifs is 4. The van der Waals surface area contributed by atoms with Crippen molar-refractivity contribution in [3.63, 3.8) is 0 Å². The van der Waals surface area contributed by atoms with E-state index in [0.29, 0.717) is 17.5 Å². The van der Waals surface area contributed by atoms with Gasteiger partial charge in [-0.25, -0.2) is 15.0 Å². The first kappa shape index (κ1) is 27.0. The molecule has 0 amide bonds. The molecule has 0 bridgehead atoms. The van der Waals surface area contributed by atoms with E-state index in [2.05, 4.69) is 146 Å². The van der Waals surface area contributed by atoms with Crippen LogP contribution in [0.4, 0.5) is 0 Å². The van der Waals surface area contributed by atoms with E-state index in [1.165, 1.54) is 10.9 Å². The Morgan fingerprint density at radius 3 is 1.64 bits per heavy atom. The first-order valence-electron chi connectivity index (χ1n) is 15.7. The fourth-order valence-electron chi connectivity index (χ4n) is 6.32. The lowest BCUT2D eigenvalue weighted by atomic mass is 10.0. The Labute approximate surface area is 271 Å². The van der Waals surface area contributed by atoms with Crippen molar-refractivity contribution in [3.05, 3.63) is 164 Å². The maximum Gasteiger partial charge on any atom is 0.164 e. The quantitative estimate of drug-likeness (QED) is 0.197. The minimum Gasteiger partial charge on any atom is -0.455 e. The van der Waals surface area contributed by atoms with Crippen LogP contribution in [0.15, 0.2) is 168 Å². The van der Waals surface area contributed by atoms with Gasteiger partial charge in [0.15, 0.2) is 17.5 Å². The molecule has 2 aromatic heterocycles. The Morgan fingerprint density at radius 1 is 0.340 bits per heavy atom. The molecule has 0 spiro atoms. The summed E-state index contributed by atoms with van der Waals surface area (Å²) in [5.41, 5.74) is 8.90. The number of hydrogen-bond donors (Lipinski definition) is 0. The van der Waals surface area contributed by atoms with Crippen molar-refractivity contribution in [1.29, 1.82) is 0 Å². The standard InChI is InChI=1S/C43H27N3O/c1-3-10-28(11-4-1)30-18-21-32(22-19-30)41-44-42(34-23-20-29-12-7-8-15-33(29)26-34)46-43(45-41)35-24-25-37-38-17-9-16-36(31-13-5-2-6-14-31)40(38)47-39(37)27-35/h1-27H. The molecular formula is C43H27N3O. The molecule has 0 aliphatic heterocycles. The molecule has 9 rings (SSSR count). The Balaban J connectivity index is 1.19. The van der Waals surface area contributed by atoms with Gasteiger partial charge in [-0.05, 0) is 45.7 Å². The molecule has 0 saturated carbocycles. The summed E-state index contributed by atoms with van der Waals surface area (Å²) < 4.78 is 6.56. The highest BCUT2D eigenvalue weighted by molar-refractivity contribution is 6.10. The molecule has 4 nitrogen and oxygen atoms in total. The molecule has 0 N–H and O–H groups in total. The number of benzene rings is 7. The second-order valence-corrected chi connectivity index (χ2v) is 11.7. The van der Waals surface area contributed by atoms with Gasteiger partial charge in [-0.2, -0.15) is 0 Å². The lowest BCUT2D eigenvalue weighted by Gasteiger charge is -2.10. The minimum atomic E-state index is 0.593. The normalized spacial score (nSPS) is 11.4. The number of nitrogens with zero attached hydrogens (tertiary/aromatic N) is 3. The van der Waals surface area contributed by atoms with E-state index in [1.807, 2.05) is 18.2 Å². The molecule has 0 atom stereocenters. The monoisotopic (exact) mass is 601 g/mol. The largest absolute Gasteiger partial charge is 0.455 e. The Morgan fingerprint density at radius 2 is 0.894 bits per heavy atom. The smallest absolute Gasteiger partial charge is 0.164 e. The molecule has 0 saturated heterocycles. The van der Waals surface area contributed by atoms with Gasteiger partial charge >= 0.3 is 0 Å². The van der Waals surface area contributed by atoms with E-state index in [-0.39, 0.29) is 0 Å². The van der Waals surface area contributed by atoms with Gasteiger partial charge in [0.2, 0.25) is 0 Å². The second-order valence-electron chi connectivity index (χ2n) is 11.7. The van der Waals surface area contributed by atoms with Crippen LogP contribution in [0.25, 0.3) is 89.1 Å². The number of hydrogen-bond acceptors (Lipinski definition) is 4. The number of para-hydroxylation sites is 1. The average Bonchev–Trinajstić information content (AvgIpc) is 3.53. The van der Waals surface area contributed by atoms with Crippen molar-refractivity contribution >= 4 is 32.7 Å². The fourth-order valence-corrected chi connectivity index (χ4v) is 6.32. The van der Waals surface area contributed by atoms with Crippen LogP contribution in [0.3, 0.4) is 0 Å². The molecule has 0 aliphatic carbocycles. The third-order valence-corrected chi connectivity index (χ3v) is 8.74. The summed E-state index contributed by atoms with van der Waals surface area (Å²) in [5.74, 6) is 1.84.